The van der Waals surface area contributed by atoms with Crippen molar-refractivity contribution in [1.82, 2.24) is 10.6 Å². The summed E-state index contributed by atoms with van der Waals surface area (Å²) in [6, 6.07) is 14.0. The fourth-order valence-corrected chi connectivity index (χ4v) is 12.9. The molecule has 2 aromatic rings. The summed E-state index contributed by atoms with van der Waals surface area (Å²) in [6.07, 6.45) is 6.56. The van der Waals surface area contributed by atoms with Crippen LogP contribution in [-0.4, -0.2) is 195 Å². The standard InChI is InChI=1S/2C21H29NO4.3C6H8O7/c2*1-14(2)26-20(23)25-13-24-16-7-6-15-11-19-17-5-3-4-8-21(17,9-10-22-19)18(15)12-16;3*7-3(8)1-6(13,5(11)12)2-4(9)10/h2*6-7,12,14,17,19,22H,3-5,8-11,13H2,1-2H3;3*13H,1-2H2,(H,7,8)(H,9,10)(H,11,12)/t2*17-,19-,21+;;;/m11.../s1. The Morgan fingerprint density at radius 2 is 0.758 bits per heavy atom. The first-order valence-corrected chi connectivity index (χ1v) is 29.3. The average Bonchev–Trinajstić information content (AvgIpc) is 0.735. The molecular formula is C60H82N2O29. The van der Waals surface area contributed by atoms with E-state index in [9.17, 15) is 52.7 Å². The largest absolute Gasteiger partial charge is 0.511 e. The van der Waals surface area contributed by atoms with Gasteiger partial charge in [-0.05, 0) is 151 Å². The predicted octanol–water partition coefficient (Wildman–Crippen LogP) is 4.12. The molecule has 8 rings (SSSR count). The van der Waals surface area contributed by atoms with Crippen molar-refractivity contribution in [3.8, 4) is 11.5 Å². The molecule has 0 amide bonds. The molecule has 0 aromatic heterocycles. The van der Waals surface area contributed by atoms with Crippen LogP contribution in [0.1, 0.15) is 153 Å². The number of fused-ring (bicyclic) bond motifs is 2. The second-order valence-corrected chi connectivity index (χ2v) is 23.8. The number of hydrogen-bond donors (Lipinski definition) is 14. The summed E-state index contributed by atoms with van der Waals surface area (Å²) in [7, 11) is 0. The second-order valence-electron chi connectivity index (χ2n) is 23.8. The van der Waals surface area contributed by atoms with E-state index in [1.54, 1.807) is 27.7 Å². The molecule has 6 aliphatic rings. The summed E-state index contributed by atoms with van der Waals surface area (Å²) in [4.78, 5) is 114. The average molecular weight is 1300 g/mol. The lowest BCUT2D eigenvalue weighted by molar-refractivity contribution is -0.170. The van der Waals surface area contributed by atoms with Crippen LogP contribution in [0, 0.1) is 11.8 Å². The minimum absolute atomic E-state index is 0.120. The Kier molecular flexibility index (Phi) is 27.3. The highest BCUT2D eigenvalue weighted by atomic mass is 16.8. The highest BCUT2D eigenvalue weighted by Crippen LogP contribution is 2.56. The van der Waals surface area contributed by atoms with Crippen molar-refractivity contribution in [2.45, 2.75) is 195 Å². The first kappa shape index (κ1) is 75.1. The van der Waals surface area contributed by atoms with Gasteiger partial charge in [-0.3, -0.25) is 28.8 Å². The van der Waals surface area contributed by atoms with Gasteiger partial charge in [0.2, 0.25) is 13.6 Å². The lowest BCUT2D eigenvalue weighted by atomic mass is 9.53. The molecule has 31 heteroatoms. The normalized spacial score (nSPS) is 21.5. The minimum atomic E-state index is -2.74. The molecule has 2 saturated carbocycles. The Balaban J connectivity index is 0.000000255. The van der Waals surface area contributed by atoms with Crippen LogP contribution in [0.2, 0.25) is 0 Å². The van der Waals surface area contributed by atoms with E-state index in [0.29, 0.717) is 22.9 Å². The minimum Gasteiger partial charge on any atom is -0.481 e. The number of aliphatic carboxylic acids is 9. The summed E-state index contributed by atoms with van der Waals surface area (Å²) in [6.45, 7) is 9.13. The van der Waals surface area contributed by atoms with Crippen LogP contribution < -0.4 is 20.1 Å². The van der Waals surface area contributed by atoms with E-state index in [0.717, 1.165) is 49.3 Å². The third-order valence-corrected chi connectivity index (χ3v) is 16.6. The van der Waals surface area contributed by atoms with Gasteiger partial charge in [-0.15, -0.1) is 0 Å². The van der Waals surface area contributed by atoms with E-state index >= 15 is 0 Å². The fourth-order valence-electron chi connectivity index (χ4n) is 12.9. The Morgan fingerprint density at radius 3 is 1.02 bits per heavy atom. The Morgan fingerprint density at radius 1 is 0.462 bits per heavy atom. The number of ether oxygens (including phenoxy) is 6. The van der Waals surface area contributed by atoms with Crippen LogP contribution >= 0.6 is 0 Å². The van der Waals surface area contributed by atoms with Gasteiger partial charge < -0.3 is 100 Å². The molecule has 0 radical (unpaired) electrons. The number of benzene rings is 2. The van der Waals surface area contributed by atoms with Crippen molar-refractivity contribution < 1.29 is 142 Å². The lowest BCUT2D eigenvalue weighted by Gasteiger charge is -2.56. The van der Waals surface area contributed by atoms with E-state index in [1.807, 2.05) is 12.1 Å². The first-order chi connectivity index (χ1) is 42.5. The molecular weight excluding hydrogens is 1210 g/mol. The molecule has 4 bridgehead atoms. The van der Waals surface area contributed by atoms with E-state index in [4.69, 9.17) is 89.7 Å². The Bertz CT molecular complexity index is 2650. The molecule has 6 atom stereocenters. The quantitative estimate of drug-likeness (QED) is 0.0549. The van der Waals surface area contributed by atoms with Gasteiger partial charge in [0.15, 0.2) is 16.8 Å². The summed E-state index contributed by atoms with van der Waals surface area (Å²) >= 11 is 0. The number of aliphatic hydroxyl groups is 3. The number of carboxylic acid groups (broad SMARTS) is 9. The smallest absolute Gasteiger partial charge is 0.481 e. The summed E-state index contributed by atoms with van der Waals surface area (Å²) in [5.74, 6) is -12.0. The summed E-state index contributed by atoms with van der Waals surface area (Å²) in [5.41, 5.74) is -1.76. The van der Waals surface area contributed by atoms with Crippen molar-refractivity contribution in [3.63, 3.8) is 0 Å². The lowest BCUT2D eigenvalue weighted by Crippen LogP contribution is -2.59. The van der Waals surface area contributed by atoms with Crippen LogP contribution in [0.5, 0.6) is 11.5 Å². The SMILES string of the molecule is CC(C)OC(=O)OCOc1ccc2c(c1)[C@]13CCCC[C@@H]1[C@@H](C2)NCC3.CC(C)OC(=O)OCOc1ccc2c(c1)[C@]13CCCC[C@@H]1[C@@H](C2)NCC3.O=C(O)CC(O)(CC(=O)O)C(=O)O.O=C(O)CC(O)(CC(=O)O)C(=O)O.O=C(O)CC(O)(CC(=O)O)C(=O)O. The van der Waals surface area contributed by atoms with Crippen molar-refractivity contribution in [1.29, 1.82) is 0 Å². The number of rotatable bonds is 23. The van der Waals surface area contributed by atoms with Gasteiger partial charge in [0.1, 0.15) is 11.5 Å². The second kappa shape index (κ2) is 33.1. The molecule has 2 aliphatic heterocycles. The first-order valence-electron chi connectivity index (χ1n) is 29.3. The van der Waals surface area contributed by atoms with Gasteiger partial charge in [-0.1, -0.05) is 37.8 Å². The van der Waals surface area contributed by atoms with Gasteiger partial charge in [-0.2, -0.15) is 0 Å². The molecule has 0 unspecified atom stereocenters. The number of carbonyl (C=O) groups excluding carboxylic acids is 2. The van der Waals surface area contributed by atoms with Gasteiger partial charge >= 0.3 is 66.0 Å². The molecule has 2 heterocycles. The van der Waals surface area contributed by atoms with Crippen LogP contribution in [0.15, 0.2) is 36.4 Å². The van der Waals surface area contributed by atoms with E-state index < -0.39 is 121 Å². The molecule has 14 N–H and O–H groups in total. The molecule has 91 heavy (non-hydrogen) atoms. The van der Waals surface area contributed by atoms with E-state index in [2.05, 4.69) is 34.9 Å². The molecule has 31 nitrogen and oxygen atoms in total. The molecule has 4 fully saturated rings. The molecule has 506 valence electrons. The number of nitrogens with one attached hydrogen (secondary N) is 2. The van der Waals surface area contributed by atoms with Gasteiger partial charge in [0, 0.05) is 22.9 Å². The molecule has 4 aliphatic carbocycles. The predicted molar refractivity (Wildman–Crippen MR) is 308 cm³/mol. The van der Waals surface area contributed by atoms with Gasteiger partial charge in [0.25, 0.3) is 0 Å². The third kappa shape index (κ3) is 21.4. The van der Waals surface area contributed by atoms with Crippen molar-refractivity contribution >= 4 is 66.0 Å². The fraction of sp³-hybridized carbons (Fsp3) is 0.617. The van der Waals surface area contributed by atoms with Crippen LogP contribution in [0.25, 0.3) is 0 Å². The maximum Gasteiger partial charge on any atom is 0.511 e. The Labute approximate surface area is 521 Å². The van der Waals surface area contributed by atoms with Crippen LogP contribution in [0.4, 0.5) is 9.59 Å². The molecule has 0 spiro atoms. The zero-order chi connectivity index (χ0) is 68.2. The zero-order valence-corrected chi connectivity index (χ0v) is 50.8. The zero-order valence-electron chi connectivity index (χ0n) is 50.8. The summed E-state index contributed by atoms with van der Waals surface area (Å²) in [5, 5.41) is 109. The van der Waals surface area contributed by atoms with Crippen molar-refractivity contribution in [2.24, 2.45) is 11.8 Å². The van der Waals surface area contributed by atoms with E-state index in [1.165, 1.54) is 86.5 Å². The highest BCUT2D eigenvalue weighted by Gasteiger charge is 2.53. The molecule has 2 aromatic carbocycles. The van der Waals surface area contributed by atoms with E-state index in [-0.39, 0.29) is 25.8 Å². The summed E-state index contributed by atoms with van der Waals surface area (Å²) < 4.78 is 31.3. The Hall–Kier alpha value is -8.39. The number of piperidine rings is 2. The third-order valence-electron chi connectivity index (χ3n) is 16.6. The monoisotopic (exact) mass is 1290 g/mol. The van der Waals surface area contributed by atoms with Gasteiger partial charge in [-0.25, -0.2) is 24.0 Å². The maximum absolute atomic E-state index is 11.5. The molecule has 2 saturated heterocycles. The van der Waals surface area contributed by atoms with Crippen LogP contribution in [-0.2, 0) is 85.8 Å². The van der Waals surface area contributed by atoms with Crippen molar-refractivity contribution in [2.75, 3.05) is 26.7 Å². The number of hydrogen-bond acceptors (Lipinski definition) is 22. The van der Waals surface area contributed by atoms with Crippen LogP contribution in [0.3, 0.4) is 0 Å². The number of carbonyl (C=O) groups is 11. The highest BCUT2D eigenvalue weighted by molar-refractivity contribution is 5.89. The van der Waals surface area contributed by atoms with Crippen molar-refractivity contribution in [3.05, 3.63) is 58.7 Å². The number of carboxylic acids is 9. The topological polar surface area (TPSA) is 510 Å². The maximum atomic E-state index is 11.5. The van der Waals surface area contributed by atoms with Gasteiger partial charge in [0.05, 0.1) is 50.7 Å².